The van der Waals surface area contributed by atoms with E-state index in [2.05, 4.69) is 10.6 Å². The number of anilines is 1. The topological polar surface area (TPSA) is 98.8 Å². The molecule has 5 rings (SSSR count). The van der Waals surface area contributed by atoms with Crippen molar-refractivity contribution in [2.24, 2.45) is 0 Å². The Bertz CT molecular complexity index is 1430. The molecule has 1 aliphatic carbocycles. The molecule has 2 N–H and O–H groups in total. The number of urea groups is 1. The van der Waals surface area contributed by atoms with Gasteiger partial charge >= 0.3 is 6.03 Å². The Labute approximate surface area is 228 Å². The van der Waals surface area contributed by atoms with Crippen molar-refractivity contribution in [3.05, 3.63) is 101 Å². The summed E-state index contributed by atoms with van der Waals surface area (Å²) in [5.41, 5.74) is 3.36. The van der Waals surface area contributed by atoms with Crippen LogP contribution in [-0.4, -0.2) is 52.7 Å². The molecule has 0 aromatic heterocycles. The summed E-state index contributed by atoms with van der Waals surface area (Å²) in [5, 5.41) is 5.34. The number of nitrogens with zero attached hydrogens (tertiary/aromatic N) is 2. The number of hydrogen-bond donors (Lipinski definition) is 2. The van der Waals surface area contributed by atoms with E-state index in [4.69, 9.17) is 0 Å². The van der Waals surface area contributed by atoms with Crippen LogP contribution in [-0.2, 0) is 27.2 Å². The Morgan fingerprint density at radius 3 is 2.15 bits per heavy atom. The summed E-state index contributed by atoms with van der Waals surface area (Å²) in [4.78, 5) is 54.8. The number of amides is 5. The van der Waals surface area contributed by atoms with Gasteiger partial charge in [0.25, 0.3) is 5.91 Å². The lowest BCUT2D eigenvalue weighted by molar-refractivity contribution is -0.138. The van der Waals surface area contributed by atoms with E-state index in [1.54, 1.807) is 18.0 Å². The number of hydrogen-bond acceptors (Lipinski definition) is 4. The highest BCUT2D eigenvalue weighted by molar-refractivity contribution is 6.07. The van der Waals surface area contributed by atoms with Crippen LogP contribution in [0.1, 0.15) is 48.1 Å². The second-order valence-corrected chi connectivity index (χ2v) is 10.4. The van der Waals surface area contributed by atoms with Crippen LogP contribution in [0.5, 0.6) is 0 Å². The zero-order chi connectivity index (χ0) is 27.7. The average Bonchev–Trinajstić information content (AvgIpc) is 3.43. The van der Waals surface area contributed by atoms with Crippen molar-refractivity contribution in [3.8, 4) is 0 Å². The Morgan fingerprint density at radius 2 is 1.54 bits per heavy atom. The van der Waals surface area contributed by atoms with Gasteiger partial charge < -0.3 is 15.1 Å². The summed E-state index contributed by atoms with van der Waals surface area (Å²) in [6, 6.07) is 24.0. The van der Waals surface area contributed by atoms with E-state index in [9.17, 15) is 19.2 Å². The lowest BCUT2D eigenvalue weighted by Crippen LogP contribution is -2.48. The summed E-state index contributed by atoms with van der Waals surface area (Å²) in [6.45, 7) is 3.67. The maximum atomic E-state index is 13.7. The fourth-order valence-corrected chi connectivity index (χ4v) is 5.58. The van der Waals surface area contributed by atoms with Gasteiger partial charge in [-0.15, -0.1) is 0 Å². The number of carbonyl (C=O) groups is 4. The lowest BCUT2D eigenvalue weighted by Gasteiger charge is -2.31. The molecule has 3 aromatic rings. The molecule has 5 amide bonds. The van der Waals surface area contributed by atoms with Gasteiger partial charge in [0.1, 0.15) is 12.1 Å². The van der Waals surface area contributed by atoms with Gasteiger partial charge in [-0.2, -0.15) is 0 Å². The molecule has 1 spiro atoms. The van der Waals surface area contributed by atoms with Gasteiger partial charge in [0, 0.05) is 25.6 Å². The quantitative estimate of drug-likeness (QED) is 0.456. The average molecular weight is 525 g/mol. The van der Waals surface area contributed by atoms with Crippen molar-refractivity contribution in [1.29, 1.82) is 0 Å². The van der Waals surface area contributed by atoms with E-state index in [-0.39, 0.29) is 30.3 Å². The van der Waals surface area contributed by atoms with Crippen molar-refractivity contribution < 1.29 is 19.2 Å². The molecule has 3 aromatic carbocycles. The van der Waals surface area contributed by atoms with Gasteiger partial charge in [-0.3, -0.25) is 19.7 Å². The van der Waals surface area contributed by atoms with Crippen LogP contribution in [0.4, 0.5) is 10.5 Å². The monoisotopic (exact) mass is 524 g/mol. The number of imide groups is 1. The van der Waals surface area contributed by atoms with E-state index >= 15 is 0 Å². The van der Waals surface area contributed by atoms with Gasteiger partial charge in [-0.05, 0) is 48.2 Å². The molecule has 8 nitrogen and oxygen atoms in total. The summed E-state index contributed by atoms with van der Waals surface area (Å²) >= 11 is 0. The van der Waals surface area contributed by atoms with Crippen molar-refractivity contribution in [2.75, 3.05) is 18.9 Å². The third-order valence-electron chi connectivity index (χ3n) is 8.06. The number of benzene rings is 3. The first-order valence-corrected chi connectivity index (χ1v) is 13.1. The summed E-state index contributed by atoms with van der Waals surface area (Å²) < 4.78 is 0. The molecule has 1 fully saturated rings. The zero-order valence-electron chi connectivity index (χ0n) is 22.3. The zero-order valence-corrected chi connectivity index (χ0v) is 22.3. The van der Waals surface area contributed by atoms with Gasteiger partial charge in [0.15, 0.2) is 0 Å². The molecule has 2 aliphatic rings. The molecule has 3 atom stereocenters. The molecule has 0 radical (unpaired) electrons. The van der Waals surface area contributed by atoms with Crippen LogP contribution in [0.2, 0.25) is 0 Å². The maximum Gasteiger partial charge on any atom is 0.324 e. The first kappa shape index (κ1) is 26.2. The molecule has 1 heterocycles. The number of carbonyl (C=O) groups excluding carboxylic acids is 4. The van der Waals surface area contributed by atoms with Gasteiger partial charge in [0.2, 0.25) is 11.8 Å². The predicted octanol–water partition coefficient (Wildman–Crippen LogP) is 4.04. The molecule has 8 heteroatoms. The minimum Gasteiger partial charge on any atom is -0.326 e. The third kappa shape index (κ3) is 4.90. The molecule has 1 saturated heterocycles. The highest BCUT2D eigenvalue weighted by Crippen LogP contribution is 2.38. The molecular formula is C31H32N4O4. The number of fused-ring (bicyclic) bond motifs is 1. The van der Waals surface area contributed by atoms with E-state index in [1.807, 2.05) is 86.6 Å². The molecule has 1 aliphatic heterocycles. The van der Waals surface area contributed by atoms with Crippen LogP contribution in [0, 0.1) is 0 Å². The minimum atomic E-state index is -0.927. The van der Waals surface area contributed by atoms with Crippen LogP contribution in [0.3, 0.4) is 0 Å². The molecule has 1 unspecified atom stereocenters. The van der Waals surface area contributed by atoms with Gasteiger partial charge in [0.05, 0.1) is 12.0 Å². The summed E-state index contributed by atoms with van der Waals surface area (Å²) in [7, 11) is 1.63. The first-order valence-electron chi connectivity index (χ1n) is 13.1. The summed E-state index contributed by atoms with van der Waals surface area (Å²) in [5.74, 6) is -1.17. The van der Waals surface area contributed by atoms with Gasteiger partial charge in [-0.25, -0.2) is 4.79 Å². The van der Waals surface area contributed by atoms with Crippen molar-refractivity contribution in [1.82, 2.24) is 15.1 Å². The van der Waals surface area contributed by atoms with E-state index < -0.39 is 17.5 Å². The largest absolute Gasteiger partial charge is 0.326 e. The number of likely N-dealkylation sites (N-methyl/N-ethyl adjacent to an activating group) is 1. The smallest absolute Gasteiger partial charge is 0.324 e. The van der Waals surface area contributed by atoms with Crippen molar-refractivity contribution in [2.45, 2.75) is 44.2 Å². The van der Waals surface area contributed by atoms with E-state index in [0.29, 0.717) is 18.5 Å². The number of rotatable bonds is 7. The fourth-order valence-electron chi connectivity index (χ4n) is 5.58. The first-order chi connectivity index (χ1) is 18.7. The normalized spacial score (nSPS) is 19.4. The fraction of sp³-hybridized carbons (Fsp3) is 0.290. The Morgan fingerprint density at radius 1 is 0.923 bits per heavy atom. The van der Waals surface area contributed by atoms with Crippen molar-refractivity contribution >= 4 is 29.4 Å². The van der Waals surface area contributed by atoms with Gasteiger partial charge in [-0.1, -0.05) is 66.7 Å². The standard InChI is InChI=1S/C31H32N4O4/c1-20(22-10-6-4-7-11-22)28(37)35(21(2)23-12-8-5-9-13-23)19-27(36)32-26-15-14-24-17-31(18-25(24)16-26)29(38)33-30(39)34(31)3/h4-16,20-21H,17-19H2,1-3H3,(H,32,36)(H,33,38,39)/t20?,21-,31+/m1/s1. The summed E-state index contributed by atoms with van der Waals surface area (Å²) in [6.07, 6.45) is 0.809. The maximum absolute atomic E-state index is 13.7. The molecular weight excluding hydrogens is 492 g/mol. The molecule has 0 saturated carbocycles. The molecule has 200 valence electrons. The van der Waals surface area contributed by atoms with Crippen LogP contribution in [0.25, 0.3) is 0 Å². The van der Waals surface area contributed by atoms with Crippen LogP contribution >= 0.6 is 0 Å². The second-order valence-electron chi connectivity index (χ2n) is 10.4. The predicted molar refractivity (Wildman–Crippen MR) is 148 cm³/mol. The Kier molecular flexibility index (Phi) is 6.95. The second kappa shape index (κ2) is 10.4. The SMILES string of the molecule is CC(C(=O)N(CC(=O)Nc1ccc2c(c1)C[C@@]1(C2)C(=O)NC(=O)N1C)[C@H](C)c1ccccc1)c1ccccc1. The Hall–Kier alpha value is -4.46. The minimum absolute atomic E-state index is 0.118. The van der Waals surface area contributed by atoms with Crippen LogP contribution < -0.4 is 10.6 Å². The third-order valence-corrected chi connectivity index (χ3v) is 8.06. The Balaban J connectivity index is 1.34. The van der Waals surface area contributed by atoms with E-state index in [0.717, 1.165) is 22.3 Å². The number of nitrogens with one attached hydrogen (secondary N) is 2. The van der Waals surface area contributed by atoms with Crippen molar-refractivity contribution in [3.63, 3.8) is 0 Å². The van der Waals surface area contributed by atoms with E-state index in [1.165, 1.54) is 4.90 Å². The molecule has 0 bridgehead atoms. The molecule has 39 heavy (non-hydrogen) atoms. The van der Waals surface area contributed by atoms with Crippen LogP contribution in [0.15, 0.2) is 78.9 Å². The highest BCUT2D eigenvalue weighted by Gasteiger charge is 2.54. The lowest BCUT2D eigenvalue weighted by atomic mass is 9.95. The highest BCUT2D eigenvalue weighted by atomic mass is 16.2.